The van der Waals surface area contributed by atoms with E-state index in [9.17, 15) is 5.11 Å². The van der Waals surface area contributed by atoms with Crippen LogP contribution < -0.4 is 5.32 Å². The summed E-state index contributed by atoms with van der Waals surface area (Å²) in [7, 11) is 0. The van der Waals surface area contributed by atoms with Crippen LogP contribution in [-0.4, -0.2) is 11.1 Å². The Bertz CT molecular complexity index is 498. The summed E-state index contributed by atoms with van der Waals surface area (Å²) in [6.07, 6.45) is 6.49. The Morgan fingerprint density at radius 2 is 2.22 bits per heavy atom. The number of benzene rings is 1. The normalized spacial score (nSPS) is 41.3. The van der Waals surface area contributed by atoms with Gasteiger partial charge in [-0.05, 0) is 61.3 Å². The summed E-state index contributed by atoms with van der Waals surface area (Å²) in [5, 5.41) is 13.7. The summed E-state index contributed by atoms with van der Waals surface area (Å²) in [5.41, 5.74) is 3.04. The number of fused-ring (bicyclic) bond motifs is 1. The van der Waals surface area contributed by atoms with E-state index >= 15 is 0 Å². The van der Waals surface area contributed by atoms with Gasteiger partial charge in [0.1, 0.15) is 5.75 Å². The molecule has 1 unspecified atom stereocenters. The van der Waals surface area contributed by atoms with Crippen molar-refractivity contribution in [2.75, 3.05) is 0 Å². The van der Waals surface area contributed by atoms with Crippen molar-refractivity contribution in [2.24, 2.45) is 11.8 Å². The predicted octanol–water partition coefficient (Wildman–Crippen LogP) is 2.94. The van der Waals surface area contributed by atoms with E-state index in [2.05, 4.69) is 18.3 Å². The van der Waals surface area contributed by atoms with Crippen LogP contribution in [-0.2, 0) is 12.0 Å². The molecule has 18 heavy (non-hydrogen) atoms. The lowest BCUT2D eigenvalue weighted by Crippen LogP contribution is -2.47. The molecule has 2 aliphatic carbocycles. The Kier molecular flexibility index (Phi) is 2.12. The van der Waals surface area contributed by atoms with Gasteiger partial charge in [-0.15, -0.1) is 0 Å². The molecule has 4 rings (SSSR count). The summed E-state index contributed by atoms with van der Waals surface area (Å²) in [6, 6.07) is 6.63. The van der Waals surface area contributed by atoms with Gasteiger partial charge >= 0.3 is 0 Å². The molecule has 1 aromatic rings. The number of rotatable bonds is 0. The summed E-state index contributed by atoms with van der Waals surface area (Å²) >= 11 is 0. The molecule has 2 nitrogen and oxygen atoms in total. The second-order valence-corrected chi connectivity index (χ2v) is 6.47. The molecule has 1 saturated carbocycles. The molecule has 2 fully saturated rings. The zero-order valence-corrected chi connectivity index (χ0v) is 10.9. The average Bonchev–Trinajstić information content (AvgIpc) is 2.59. The molecule has 96 valence electrons. The summed E-state index contributed by atoms with van der Waals surface area (Å²) in [4.78, 5) is 0. The molecular weight excluding hydrogens is 222 g/mol. The van der Waals surface area contributed by atoms with Crippen molar-refractivity contribution in [3.8, 4) is 5.75 Å². The van der Waals surface area contributed by atoms with E-state index in [0.29, 0.717) is 11.8 Å². The minimum atomic E-state index is 0.175. The monoisotopic (exact) mass is 243 g/mol. The van der Waals surface area contributed by atoms with Crippen molar-refractivity contribution in [2.45, 2.75) is 50.6 Å². The zero-order chi connectivity index (χ0) is 12.3. The first-order valence-corrected chi connectivity index (χ1v) is 7.31. The first-order chi connectivity index (χ1) is 8.71. The van der Waals surface area contributed by atoms with E-state index in [-0.39, 0.29) is 5.54 Å². The van der Waals surface area contributed by atoms with Crippen molar-refractivity contribution in [1.82, 2.24) is 5.32 Å². The van der Waals surface area contributed by atoms with Crippen molar-refractivity contribution in [1.29, 1.82) is 0 Å². The van der Waals surface area contributed by atoms with E-state index in [1.54, 1.807) is 0 Å². The van der Waals surface area contributed by atoms with Gasteiger partial charge in [-0.2, -0.15) is 0 Å². The van der Waals surface area contributed by atoms with Gasteiger partial charge in [-0.3, -0.25) is 0 Å². The molecule has 1 heterocycles. The molecule has 2 heteroatoms. The maximum absolute atomic E-state index is 9.84. The molecule has 0 amide bonds. The van der Waals surface area contributed by atoms with Crippen LogP contribution in [0.4, 0.5) is 0 Å². The zero-order valence-electron chi connectivity index (χ0n) is 10.9. The van der Waals surface area contributed by atoms with Gasteiger partial charge in [0.25, 0.3) is 0 Å². The minimum absolute atomic E-state index is 0.175. The fourth-order valence-corrected chi connectivity index (χ4v) is 4.96. The third-order valence-corrected chi connectivity index (χ3v) is 5.64. The van der Waals surface area contributed by atoms with Gasteiger partial charge in [-0.25, -0.2) is 0 Å². The molecule has 3 aliphatic rings. The number of hydrogen-bond donors (Lipinski definition) is 2. The number of phenolic OH excluding ortho intramolecular Hbond substituents is 1. The summed E-state index contributed by atoms with van der Waals surface area (Å²) in [5.74, 6) is 2.00. The molecule has 2 bridgehead atoms. The highest BCUT2D eigenvalue weighted by molar-refractivity contribution is 5.45. The van der Waals surface area contributed by atoms with Crippen LogP contribution in [0.1, 0.15) is 43.7 Å². The third-order valence-electron chi connectivity index (χ3n) is 5.64. The molecule has 1 aromatic carbocycles. The Labute approximate surface area is 108 Å². The van der Waals surface area contributed by atoms with Crippen molar-refractivity contribution in [3.63, 3.8) is 0 Å². The average molecular weight is 243 g/mol. The van der Waals surface area contributed by atoms with Crippen molar-refractivity contribution >= 4 is 0 Å². The highest BCUT2D eigenvalue weighted by Crippen LogP contribution is 2.56. The van der Waals surface area contributed by atoms with Crippen LogP contribution in [0.25, 0.3) is 0 Å². The lowest BCUT2D eigenvalue weighted by atomic mass is 9.61. The Hall–Kier alpha value is -1.02. The van der Waals surface area contributed by atoms with Gasteiger partial charge in [-0.1, -0.05) is 18.9 Å². The second-order valence-electron chi connectivity index (χ2n) is 6.47. The fourth-order valence-electron chi connectivity index (χ4n) is 4.96. The quantitative estimate of drug-likeness (QED) is 0.734. The number of aromatic hydroxyl groups is 1. The minimum Gasteiger partial charge on any atom is -0.508 e. The second kappa shape index (κ2) is 3.51. The van der Waals surface area contributed by atoms with Crippen LogP contribution in [0.5, 0.6) is 5.75 Å². The van der Waals surface area contributed by atoms with E-state index in [0.717, 1.165) is 11.8 Å². The van der Waals surface area contributed by atoms with Crippen molar-refractivity contribution < 1.29 is 5.11 Å². The molecule has 0 aromatic heterocycles. The van der Waals surface area contributed by atoms with E-state index < -0.39 is 0 Å². The number of hydrogen-bond acceptors (Lipinski definition) is 2. The fraction of sp³-hybridized carbons (Fsp3) is 0.625. The Morgan fingerprint density at radius 3 is 3.11 bits per heavy atom. The van der Waals surface area contributed by atoms with Gasteiger partial charge in [0, 0.05) is 11.6 Å². The first-order valence-electron chi connectivity index (χ1n) is 7.31. The topological polar surface area (TPSA) is 32.3 Å². The molecular formula is C16H21NO. The lowest BCUT2D eigenvalue weighted by Gasteiger charge is -2.45. The van der Waals surface area contributed by atoms with Crippen LogP contribution in [0.15, 0.2) is 18.2 Å². The SMILES string of the molecule is CC1N[C@@]23CCCC[C@H]2[C@@H]1Cc1ccc(O)cc13. The van der Waals surface area contributed by atoms with Crippen LogP contribution in [0, 0.1) is 11.8 Å². The highest BCUT2D eigenvalue weighted by atomic mass is 16.3. The molecule has 4 atom stereocenters. The summed E-state index contributed by atoms with van der Waals surface area (Å²) < 4.78 is 0. The molecule has 1 saturated heterocycles. The number of nitrogens with one attached hydrogen (secondary N) is 1. The Morgan fingerprint density at radius 1 is 1.33 bits per heavy atom. The maximum atomic E-state index is 9.84. The highest BCUT2D eigenvalue weighted by Gasteiger charge is 2.56. The first kappa shape index (κ1) is 10.9. The lowest BCUT2D eigenvalue weighted by molar-refractivity contribution is 0.153. The molecule has 2 N–H and O–H groups in total. The summed E-state index contributed by atoms with van der Waals surface area (Å²) in [6.45, 7) is 2.34. The smallest absolute Gasteiger partial charge is 0.115 e. The van der Waals surface area contributed by atoms with E-state index in [1.165, 1.54) is 43.2 Å². The van der Waals surface area contributed by atoms with Crippen LogP contribution in [0.3, 0.4) is 0 Å². The van der Waals surface area contributed by atoms with Crippen LogP contribution in [0.2, 0.25) is 0 Å². The third kappa shape index (κ3) is 1.22. The van der Waals surface area contributed by atoms with Gasteiger partial charge in [0.05, 0.1) is 0 Å². The largest absolute Gasteiger partial charge is 0.508 e. The van der Waals surface area contributed by atoms with Gasteiger partial charge in [0.15, 0.2) is 0 Å². The van der Waals surface area contributed by atoms with E-state index in [1.807, 2.05) is 12.1 Å². The molecule has 0 spiro atoms. The van der Waals surface area contributed by atoms with Crippen LogP contribution >= 0.6 is 0 Å². The maximum Gasteiger partial charge on any atom is 0.115 e. The predicted molar refractivity (Wildman–Crippen MR) is 71.5 cm³/mol. The molecule has 0 radical (unpaired) electrons. The molecule has 1 aliphatic heterocycles. The van der Waals surface area contributed by atoms with Gasteiger partial charge < -0.3 is 10.4 Å². The standard InChI is InChI=1S/C16H21NO/c1-10-13-8-11-5-6-12(18)9-15(11)16(17-10)7-3-2-4-14(13)16/h5-6,9-10,13-14,17-18H,2-4,7-8H2,1H3/t10?,13-,14+,16+/m1/s1. The van der Waals surface area contributed by atoms with Gasteiger partial charge in [0.2, 0.25) is 0 Å². The Balaban J connectivity index is 1.92. The number of phenols is 1. The van der Waals surface area contributed by atoms with E-state index in [4.69, 9.17) is 0 Å². The van der Waals surface area contributed by atoms with Crippen molar-refractivity contribution in [3.05, 3.63) is 29.3 Å².